The fourth-order valence-corrected chi connectivity index (χ4v) is 2.25. The second-order valence-corrected chi connectivity index (χ2v) is 5.22. The van der Waals surface area contributed by atoms with Crippen molar-refractivity contribution in [1.29, 1.82) is 0 Å². The smallest absolute Gasteiger partial charge is 0.345 e. The molecule has 2 heterocycles. The molecule has 0 atom stereocenters. The van der Waals surface area contributed by atoms with Crippen molar-refractivity contribution in [3.8, 4) is 0 Å². The van der Waals surface area contributed by atoms with Gasteiger partial charge < -0.3 is 9.32 Å². The Morgan fingerprint density at radius 1 is 1.29 bits per heavy atom. The van der Waals surface area contributed by atoms with Crippen LogP contribution in [0.5, 0.6) is 0 Å². The van der Waals surface area contributed by atoms with E-state index in [0.29, 0.717) is 11.4 Å². The van der Waals surface area contributed by atoms with Crippen molar-refractivity contribution in [2.45, 2.75) is 13.1 Å². The quantitative estimate of drug-likeness (QED) is 0.711. The van der Waals surface area contributed by atoms with Crippen LogP contribution < -0.4 is 10.6 Å². The molecule has 0 saturated carbocycles. The van der Waals surface area contributed by atoms with Crippen LogP contribution in [0.3, 0.4) is 0 Å². The molecule has 0 N–H and O–H groups in total. The number of rotatable bonds is 5. The van der Waals surface area contributed by atoms with E-state index in [1.807, 2.05) is 0 Å². The van der Waals surface area contributed by atoms with Gasteiger partial charge in [-0.3, -0.25) is 9.36 Å². The summed E-state index contributed by atoms with van der Waals surface area (Å²) in [4.78, 5) is 25.9. The van der Waals surface area contributed by atoms with Crippen LogP contribution in [-0.2, 0) is 24.9 Å². The lowest BCUT2D eigenvalue weighted by Gasteiger charge is -2.21. The number of aromatic nitrogens is 3. The van der Waals surface area contributed by atoms with Crippen molar-refractivity contribution >= 4 is 11.6 Å². The number of halogens is 1. The fraction of sp³-hybridized carbons (Fsp3) is 0.188. The van der Waals surface area contributed by atoms with Crippen molar-refractivity contribution in [3.05, 3.63) is 71.1 Å². The molecule has 1 amide bonds. The van der Waals surface area contributed by atoms with Gasteiger partial charge in [-0.05, 0) is 36.4 Å². The largest absolute Gasteiger partial charge is 0.467 e. The summed E-state index contributed by atoms with van der Waals surface area (Å²) in [6.45, 7) is -0.0587. The van der Waals surface area contributed by atoms with E-state index in [0.717, 1.165) is 4.68 Å². The van der Waals surface area contributed by atoms with E-state index in [4.69, 9.17) is 4.42 Å². The van der Waals surface area contributed by atoms with Crippen LogP contribution in [-0.4, -0.2) is 20.3 Å². The van der Waals surface area contributed by atoms with Crippen LogP contribution >= 0.6 is 0 Å². The van der Waals surface area contributed by atoms with Crippen LogP contribution in [0.2, 0.25) is 0 Å². The minimum atomic E-state index is -0.398. The minimum absolute atomic E-state index is 0.166. The van der Waals surface area contributed by atoms with Gasteiger partial charge in [0.25, 0.3) is 0 Å². The lowest BCUT2D eigenvalue weighted by Crippen LogP contribution is -2.36. The fourth-order valence-electron chi connectivity index (χ4n) is 2.25. The standard InChI is InChI=1S/C16H15FN4O3/c1-19-11-18-21(16(19)23)10-15(22)20(9-14-3-2-8-24-14)13-6-4-12(17)5-7-13/h2-8,11H,9-10H2,1H3. The highest BCUT2D eigenvalue weighted by Crippen LogP contribution is 2.18. The number of hydrogen-bond acceptors (Lipinski definition) is 4. The Labute approximate surface area is 136 Å². The Morgan fingerprint density at radius 3 is 2.62 bits per heavy atom. The van der Waals surface area contributed by atoms with Gasteiger partial charge in [0.2, 0.25) is 5.91 Å². The van der Waals surface area contributed by atoms with Gasteiger partial charge in [-0.25, -0.2) is 13.9 Å². The van der Waals surface area contributed by atoms with Crippen LogP contribution in [0.25, 0.3) is 0 Å². The molecule has 8 heteroatoms. The molecular formula is C16H15FN4O3. The van der Waals surface area contributed by atoms with E-state index in [2.05, 4.69) is 5.10 Å². The summed E-state index contributed by atoms with van der Waals surface area (Å²) in [6, 6.07) is 8.98. The number of benzene rings is 1. The van der Waals surface area contributed by atoms with Gasteiger partial charge in [-0.2, -0.15) is 5.10 Å². The summed E-state index contributed by atoms with van der Waals surface area (Å²) in [5.74, 6) is -0.190. The lowest BCUT2D eigenvalue weighted by molar-refractivity contribution is -0.119. The van der Waals surface area contributed by atoms with Crippen molar-refractivity contribution in [3.63, 3.8) is 0 Å². The van der Waals surface area contributed by atoms with Gasteiger partial charge in [0, 0.05) is 12.7 Å². The van der Waals surface area contributed by atoms with E-state index in [9.17, 15) is 14.0 Å². The zero-order chi connectivity index (χ0) is 17.1. The zero-order valence-corrected chi connectivity index (χ0v) is 12.9. The molecule has 0 saturated heterocycles. The third-order valence-electron chi connectivity index (χ3n) is 3.51. The predicted molar refractivity (Wildman–Crippen MR) is 83.8 cm³/mol. The average Bonchev–Trinajstić information content (AvgIpc) is 3.19. The maximum atomic E-state index is 13.2. The van der Waals surface area contributed by atoms with Crippen molar-refractivity contribution < 1.29 is 13.6 Å². The summed E-state index contributed by atoms with van der Waals surface area (Å²) >= 11 is 0. The van der Waals surface area contributed by atoms with Crippen molar-refractivity contribution in [2.75, 3.05) is 4.90 Å². The molecule has 2 aromatic heterocycles. The first kappa shape index (κ1) is 15.7. The summed E-state index contributed by atoms with van der Waals surface area (Å²) in [5.41, 5.74) is 0.113. The Morgan fingerprint density at radius 2 is 2.04 bits per heavy atom. The maximum Gasteiger partial charge on any atom is 0.345 e. The second-order valence-electron chi connectivity index (χ2n) is 5.22. The first-order chi connectivity index (χ1) is 11.5. The zero-order valence-electron chi connectivity index (χ0n) is 12.9. The first-order valence-corrected chi connectivity index (χ1v) is 7.21. The minimum Gasteiger partial charge on any atom is -0.467 e. The SMILES string of the molecule is Cn1cnn(CC(=O)N(Cc2ccco2)c2ccc(F)cc2)c1=O. The van der Waals surface area contributed by atoms with Gasteiger partial charge in [0.05, 0.1) is 12.8 Å². The number of amides is 1. The monoisotopic (exact) mass is 330 g/mol. The molecule has 3 aromatic rings. The molecule has 0 aliphatic heterocycles. The molecule has 124 valence electrons. The van der Waals surface area contributed by atoms with Gasteiger partial charge >= 0.3 is 5.69 Å². The van der Waals surface area contributed by atoms with E-state index >= 15 is 0 Å². The van der Waals surface area contributed by atoms with E-state index < -0.39 is 5.82 Å². The number of anilines is 1. The molecule has 1 aromatic carbocycles. The molecule has 0 unspecified atom stereocenters. The summed E-state index contributed by atoms with van der Waals surface area (Å²) in [6.07, 6.45) is 2.84. The third-order valence-corrected chi connectivity index (χ3v) is 3.51. The molecule has 24 heavy (non-hydrogen) atoms. The Bertz CT molecular complexity index is 881. The van der Waals surface area contributed by atoms with Crippen LogP contribution in [0.15, 0.2) is 58.2 Å². The van der Waals surface area contributed by atoms with E-state index in [-0.39, 0.29) is 24.7 Å². The van der Waals surface area contributed by atoms with Gasteiger partial charge in [0.1, 0.15) is 24.4 Å². The van der Waals surface area contributed by atoms with Crippen LogP contribution in [0.4, 0.5) is 10.1 Å². The number of carbonyl (C=O) groups excluding carboxylic acids is 1. The van der Waals surface area contributed by atoms with Crippen LogP contribution in [0, 0.1) is 5.82 Å². The van der Waals surface area contributed by atoms with E-state index in [1.165, 1.54) is 46.3 Å². The van der Waals surface area contributed by atoms with Gasteiger partial charge in [-0.1, -0.05) is 0 Å². The molecular weight excluding hydrogens is 315 g/mol. The molecule has 7 nitrogen and oxygen atoms in total. The van der Waals surface area contributed by atoms with Crippen molar-refractivity contribution in [1.82, 2.24) is 14.3 Å². The molecule has 3 rings (SSSR count). The molecule has 0 aliphatic rings. The molecule has 0 aliphatic carbocycles. The van der Waals surface area contributed by atoms with Crippen LogP contribution in [0.1, 0.15) is 5.76 Å². The number of furan rings is 1. The number of carbonyl (C=O) groups is 1. The highest BCUT2D eigenvalue weighted by Gasteiger charge is 2.19. The maximum absolute atomic E-state index is 13.2. The van der Waals surface area contributed by atoms with Gasteiger partial charge in [-0.15, -0.1) is 0 Å². The summed E-state index contributed by atoms with van der Waals surface area (Å²) in [7, 11) is 1.55. The summed E-state index contributed by atoms with van der Waals surface area (Å²) in [5, 5.41) is 3.88. The van der Waals surface area contributed by atoms with E-state index in [1.54, 1.807) is 19.2 Å². The highest BCUT2D eigenvalue weighted by molar-refractivity contribution is 5.92. The number of hydrogen-bond donors (Lipinski definition) is 0. The molecule has 0 fully saturated rings. The Balaban J connectivity index is 1.88. The molecule has 0 spiro atoms. The molecule has 0 radical (unpaired) electrons. The third kappa shape index (κ3) is 3.27. The van der Waals surface area contributed by atoms with Crippen molar-refractivity contribution in [2.24, 2.45) is 7.05 Å². The Hall–Kier alpha value is -3.16. The predicted octanol–water partition coefficient (Wildman–Crippen LogP) is 1.55. The Kier molecular flexibility index (Phi) is 4.28. The average molecular weight is 330 g/mol. The summed E-state index contributed by atoms with van der Waals surface area (Å²) < 4.78 is 20.8. The van der Waals surface area contributed by atoms with Gasteiger partial charge in [0.15, 0.2) is 0 Å². The topological polar surface area (TPSA) is 73.3 Å². The molecule has 0 bridgehead atoms. The highest BCUT2D eigenvalue weighted by atomic mass is 19.1. The lowest BCUT2D eigenvalue weighted by atomic mass is 10.2. The number of aryl methyl sites for hydroxylation is 1. The normalized spacial score (nSPS) is 10.8. The second kappa shape index (κ2) is 6.53. The first-order valence-electron chi connectivity index (χ1n) is 7.21. The number of nitrogens with zero attached hydrogens (tertiary/aromatic N) is 4.